The van der Waals surface area contributed by atoms with Crippen LogP contribution in [0.4, 0.5) is 0 Å². The topological polar surface area (TPSA) is 35.6 Å². The predicted octanol–water partition coefficient (Wildman–Crippen LogP) is 9.18. The molecule has 0 unspecified atom stereocenters. The lowest BCUT2D eigenvalue weighted by Crippen LogP contribution is -2.01. The van der Waals surface area contributed by atoms with Gasteiger partial charge in [0.25, 0.3) is 0 Å². The molecule has 6 rings (SSSR count). The van der Waals surface area contributed by atoms with Crippen LogP contribution in [0, 0.1) is 6.92 Å². The maximum absolute atomic E-state index is 4.69. The first kappa shape index (κ1) is 25.3. The van der Waals surface area contributed by atoms with E-state index in [1.165, 1.54) is 27.7 Å². The largest absolute Gasteiger partial charge is 0.313 e. The summed E-state index contributed by atoms with van der Waals surface area (Å²) >= 11 is 0. The van der Waals surface area contributed by atoms with E-state index in [4.69, 9.17) is 5.10 Å². The molecule has 2 heterocycles. The Hall–Kier alpha value is -4.96. The maximum Gasteiger partial charge on any atom is 0.168 e. The molecule has 2 aromatic heterocycles. The number of nitrogens with zero attached hydrogens (tertiary/aromatic N) is 4. The summed E-state index contributed by atoms with van der Waals surface area (Å²) in [6, 6.07) is 36.1. The Labute approximate surface area is 235 Å². The minimum atomic E-state index is 0.477. The van der Waals surface area contributed by atoms with Crippen molar-refractivity contribution in [2.24, 2.45) is 0 Å². The molecule has 0 saturated carbocycles. The van der Waals surface area contributed by atoms with Gasteiger partial charge < -0.3 is 4.57 Å². The molecular weight excluding hydrogens is 488 g/mol. The zero-order valence-corrected chi connectivity index (χ0v) is 23.1. The van der Waals surface area contributed by atoms with Gasteiger partial charge in [0.1, 0.15) is 0 Å². The summed E-state index contributed by atoms with van der Waals surface area (Å²) in [5.41, 5.74) is 9.05. The maximum atomic E-state index is 4.69. The Bertz CT molecular complexity index is 1820. The number of hydrogen-bond acceptors (Lipinski definition) is 2. The second kappa shape index (κ2) is 10.7. The van der Waals surface area contributed by atoms with Crippen molar-refractivity contribution < 1.29 is 0 Å². The number of para-hydroxylation sites is 2. The third-order valence-corrected chi connectivity index (χ3v) is 7.46. The molecule has 0 radical (unpaired) electrons. The predicted molar refractivity (Wildman–Crippen MR) is 167 cm³/mol. The highest BCUT2D eigenvalue weighted by Crippen LogP contribution is 2.33. The number of allylic oxidation sites excluding steroid dienone is 2. The molecule has 0 spiro atoms. The smallest absolute Gasteiger partial charge is 0.168 e. The fourth-order valence-corrected chi connectivity index (χ4v) is 5.36. The van der Waals surface area contributed by atoms with Crippen molar-refractivity contribution in [1.82, 2.24) is 19.3 Å². The summed E-state index contributed by atoms with van der Waals surface area (Å²) in [6.45, 7) is 10.4. The van der Waals surface area contributed by atoms with Gasteiger partial charge >= 0.3 is 0 Å². The molecule has 40 heavy (non-hydrogen) atoms. The van der Waals surface area contributed by atoms with Gasteiger partial charge in [0, 0.05) is 39.1 Å². The van der Waals surface area contributed by atoms with Crippen molar-refractivity contribution in [3.8, 4) is 34.2 Å². The Kier molecular flexibility index (Phi) is 6.75. The summed E-state index contributed by atoms with van der Waals surface area (Å²) < 4.78 is 4.46. The van der Waals surface area contributed by atoms with Gasteiger partial charge in [-0.05, 0) is 60.9 Å². The van der Waals surface area contributed by atoms with E-state index in [1.54, 1.807) is 0 Å². The molecule has 0 atom stereocenters. The fraction of sp³-hybridized carbons (Fsp3) is 0.111. The molecule has 0 bridgehead atoms. The highest BCUT2D eigenvalue weighted by atomic mass is 15.3. The first-order valence-electron chi connectivity index (χ1n) is 13.7. The lowest BCUT2D eigenvalue weighted by atomic mass is 10.0. The second-order valence-electron chi connectivity index (χ2n) is 10.3. The monoisotopic (exact) mass is 520 g/mol. The molecule has 4 heteroatoms. The summed E-state index contributed by atoms with van der Waals surface area (Å²) in [5.74, 6) is 2.11. The quantitative estimate of drug-likeness (QED) is 0.197. The van der Waals surface area contributed by atoms with E-state index in [2.05, 4.69) is 133 Å². The standard InChI is InChI=1S/C36H32N4/c1-5-6-14-32-26(4)39(34-16-11-10-15-33(32)34)31-23-21-29(22-24-31)36-38-37-35(40(36)30-12-8-7-9-13-30)28-19-17-27(18-20-28)25(2)3/h5-25H,1H2,2-4H3/b14-6-. The number of aromatic nitrogens is 4. The molecule has 0 N–H and O–H groups in total. The van der Waals surface area contributed by atoms with E-state index in [-0.39, 0.29) is 0 Å². The molecule has 0 fully saturated rings. The van der Waals surface area contributed by atoms with Crippen LogP contribution in [0.5, 0.6) is 0 Å². The van der Waals surface area contributed by atoms with E-state index in [0.717, 1.165) is 34.2 Å². The van der Waals surface area contributed by atoms with Crippen LogP contribution < -0.4 is 0 Å². The second-order valence-corrected chi connectivity index (χ2v) is 10.3. The highest BCUT2D eigenvalue weighted by molar-refractivity contribution is 5.92. The van der Waals surface area contributed by atoms with Gasteiger partial charge in [-0.1, -0.05) is 99.3 Å². The van der Waals surface area contributed by atoms with E-state index < -0.39 is 0 Å². The Balaban J connectivity index is 1.45. The molecule has 0 amide bonds. The molecule has 0 aliphatic carbocycles. The van der Waals surface area contributed by atoms with Crippen LogP contribution >= 0.6 is 0 Å². The molecular formula is C36H32N4. The molecule has 0 saturated heterocycles. The third kappa shape index (κ3) is 4.48. The van der Waals surface area contributed by atoms with Crippen LogP contribution in [-0.4, -0.2) is 19.3 Å². The van der Waals surface area contributed by atoms with Gasteiger partial charge in [-0.2, -0.15) is 0 Å². The number of fused-ring (bicyclic) bond motifs is 1. The summed E-state index contributed by atoms with van der Waals surface area (Å²) in [7, 11) is 0. The normalized spacial score (nSPS) is 11.6. The number of benzene rings is 4. The highest BCUT2D eigenvalue weighted by Gasteiger charge is 2.18. The molecule has 0 aliphatic heterocycles. The van der Waals surface area contributed by atoms with Crippen molar-refractivity contribution in [3.63, 3.8) is 0 Å². The first-order chi connectivity index (χ1) is 19.6. The third-order valence-electron chi connectivity index (χ3n) is 7.46. The van der Waals surface area contributed by atoms with Crippen molar-refractivity contribution in [1.29, 1.82) is 0 Å². The SMILES string of the molecule is C=C/C=C\c1c(C)n(-c2ccc(-c3nnc(-c4ccc(C(C)C)cc4)n3-c3ccccc3)cc2)c2ccccc12. The zero-order chi connectivity index (χ0) is 27.6. The van der Waals surface area contributed by atoms with Gasteiger partial charge in [0.15, 0.2) is 11.6 Å². The summed E-state index contributed by atoms with van der Waals surface area (Å²) in [4.78, 5) is 0. The zero-order valence-electron chi connectivity index (χ0n) is 23.1. The Morgan fingerprint density at radius 2 is 1.25 bits per heavy atom. The van der Waals surface area contributed by atoms with Crippen molar-refractivity contribution >= 4 is 17.0 Å². The number of hydrogen-bond donors (Lipinski definition) is 0. The van der Waals surface area contributed by atoms with E-state index >= 15 is 0 Å². The Morgan fingerprint density at radius 3 is 1.88 bits per heavy atom. The minimum absolute atomic E-state index is 0.477. The molecule has 4 aromatic carbocycles. The van der Waals surface area contributed by atoms with Crippen LogP contribution in [0.25, 0.3) is 51.1 Å². The summed E-state index contributed by atoms with van der Waals surface area (Å²) in [6.07, 6.45) is 5.94. The van der Waals surface area contributed by atoms with Crippen LogP contribution in [-0.2, 0) is 0 Å². The van der Waals surface area contributed by atoms with Crippen molar-refractivity contribution in [2.75, 3.05) is 0 Å². The van der Waals surface area contributed by atoms with Gasteiger partial charge in [0.05, 0.1) is 5.52 Å². The number of rotatable bonds is 7. The van der Waals surface area contributed by atoms with E-state index in [0.29, 0.717) is 5.92 Å². The van der Waals surface area contributed by atoms with Crippen LogP contribution in [0.3, 0.4) is 0 Å². The lowest BCUT2D eigenvalue weighted by Gasteiger charge is -2.13. The fourth-order valence-electron chi connectivity index (χ4n) is 5.36. The van der Waals surface area contributed by atoms with Gasteiger partial charge in [-0.15, -0.1) is 10.2 Å². The minimum Gasteiger partial charge on any atom is -0.313 e. The lowest BCUT2D eigenvalue weighted by molar-refractivity contribution is 0.866. The van der Waals surface area contributed by atoms with Gasteiger partial charge in [0.2, 0.25) is 0 Å². The Morgan fingerprint density at radius 1 is 0.675 bits per heavy atom. The van der Waals surface area contributed by atoms with Crippen LogP contribution in [0.1, 0.15) is 36.6 Å². The summed E-state index contributed by atoms with van der Waals surface area (Å²) in [5, 5.41) is 10.6. The van der Waals surface area contributed by atoms with Crippen molar-refractivity contribution in [3.05, 3.63) is 139 Å². The van der Waals surface area contributed by atoms with Crippen LogP contribution in [0.15, 0.2) is 122 Å². The molecule has 0 aliphatic rings. The first-order valence-corrected chi connectivity index (χ1v) is 13.7. The van der Waals surface area contributed by atoms with Gasteiger partial charge in [-0.3, -0.25) is 4.57 Å². The van der Waals surface area contributed by atoms with Gasteiger partial charge in [-0.25, -0.2) is 0 Å². The van der Waals surface area contributed by atoms with E-state index in [9.17, 15) is 0 Å². The van der Waals surface area contributed by atoms with Crippen LogP contribution in [0.2, 0.25) is 0 Å². The molecule has 196 valence electrons. The molecule has 6 aromatic rings. The molecule has 4 nitrogen and oxygen atoms in total. The van der Waals surface area contributed by atoms with Crippen molar-refractivity contribution in [2.45, 2.75) is 26.7 Å². The van der Waals surface area contributed by atoms with E-state index in [1.807, 2.05) is 30.4 Å². The average molecular weight is 521 g/mol. The average Bonchev–Trinajstić information content (AvgIpc) is 3.56.